The number of aromatic nitrogens is 2. The molecular formula is C13H15N3O2S. The van der Waals surface area contributed by atoms with Crippen molar-refractivity contribution >= 4 is 33.3 Å². The summed E-state index contributed by atoms with van der Waals surface area (Å²) >= 11 is 1.55. The minimum Gasteiger partial charge on any atom is -0.480 e. The van der Waals surface area contributed by atoms with Crippen LogP contribution < -0.4 is 4.90 Å². The first-order chi connectivity index (χ1) is 9.18. The van der Waals surface area contributed by atoms with E-state index in [1.165, 1.54) is 6.33 Å². The van der Waals surface area contributed by atoms with Crippen LogP contribution in [0.25, 0.3) is 10.2 Å². The Morgan fingerprint density at radius 2 is 2.37 bits per heavy atom. The lowest BCUT2D eigenvalue weighted by molar-refractivity contribution is -0.140. The molecule has 2 aromatic rings. The number of rotatable bonds is 2. The third-order valence-corrected chi connectivity index (χ3v) is 4.52. The molecule has 100 valence electrons. The van der Waals surface area contributed by atoms with Gasteiger partial charge >= 0.3 is 5.97 Å². The van der Waals surface area contributed by atoms with Crippen LogP contribution in [0.1, 0.15) is 19.8 Å². The molecular weight excluding hydrogens is 262 g/mol. The molecule has 1 fully saturated rings. The molecule has 0 amide bonds. The molecule has 1 aliphatic heterocycles. The van der Waals surface area contributed by atoms with Gasteiger partial charge in [0.1, 0.15) is 23.0 Å². The lowest BCUT2D eigenvalue weighted by atomic mass is 9.90. The Morgan fingerprint density at radius 1 is 1.53 bits per heavy atom. The van der Waals surface area contributed by atoms with E-state index in [4.69, 9.17) is 0 Å². The standard InChI is InChI=1S/C13H15N3O2S/c1-8-3-2-5-16(10(8)13(17)18)11-9-4-6-19-12(9)15-7-14-11/h4,6-8,10H,2-3,5H2,1H3,(H,17,18). The van der Waals surface area contributed by atoms with E-state index in [-0.39, 0.29) is 5.92 Å². The number of carboxylic acid groups (broad SMARTS) is 1. The van der Waals surface area contributed by atoms with Crippen molar-refractivity contribution in [3.63, 3.8) is 0 Å². The third-order valence-electron chi connectivity index (χ3n) is 3.70. The van der Waals surface area contributed by atoms with Crippen LogP contribution in [-0.4, -0.2) is 33.6 Å². The van der Waals surface area contributed by atoms with Crippen molar-refractivity contribution in [3.8, 4) is 0 Å². The van der Waals surface area contributed by atoms with E-state index in [1.807, 2.05) is 23.3 Å². The molecule has 19 heavy (non-hydrogen) atoms. The van der Waals surface area contributed by atoms with Crippen LogP contribution in [0, 0.1) is 5.92 Å². The molecule has 1 aliphatic rings. The van der Waals surface area contributed by atoms with E-state index in [2.05, 4.69) is 9.97 Å². The molecule has 0 aliphatic carbocycles. The predicted octanol–water partition coefficient (Wildman–Crippen LogP) is 2.38. The van der Waals surface area contributed by atoms with E-state index in [0.29, 0.717) is 0 Å². The Labute approximate surface area is 114 Å². The average molecular weight is 277 g/mol. The fourth-order valence-corrected chi connectivity index (χ4v) is 3.54. The van der Waals surface area contributed by atoms with Gasteiger partial charge in [-0.3, -0.25) is 0 Å². The highest BCUT2D eigenvalue weighted by Gasteiger charge is 2.35. The Morgan fingerprint density at radius 3 is 3.16 bits per heavy atom. The van der Waals surface area contributed by atoms with E-state index in [9.17, 15) is 9.90 Å². The van der Waals surface area contributed by atoms with E-state index < -0.39 is 12.0 Å². The summed E-state index contributed by atoms with van der Waals surface area (Å²) in [5, 5.41) is 12.4. The highest BCUT2D eigenvalue weighted by Crippen LogP contribution is 2.33. The number of carboxylic acids is 1. The maximum Gasteiger partial charge on any atom is 0.326 e. The zero-order chi connectivity index (χ0) is 13.4. The van der Waals surface area contributed by atoms with Crippen molar-refractivity contribution in [2.45, 2.75) is 25.8 Å². The summed E-state index contributed by atoms with van der Waals surface area (Å²) in [4.78, 5) is 22.9. The van der Waals surface area contributed by atoms with Crippen molar-refractivity contribution in [1.29, 1.82) is 0 Å². The van der Waals surface area contributed by atoms with Crippen molar-refractivity contribution in [2.75, 3.05) is 11.4 Å². The van der Waals surface area contributed by atoms with Crippen molar-refractivity contribution < 1.29 is 9.90 Å². The minimum absolute atomic E-state index is 0.134. The number of carbonyl (C=O) groups is 1. The number of fused-ring (bicyclic) bond motifs is 1. The van der Waals surface area contributed by atoms with Gasteiger partial charge in [0.25, 0.3) is 0 Å². The average Bonchev–Trinajstić information content (AvgIpc) is 2.85. The zero-order valence-corrected chi connectivity index (χ0v) is 11.4. The van der Waals surface area contributed by atoms with Gasteiger partial charge in [-0.25, -0.2) is 14.8 Å². The number of thiophene rings is 1. The molecule has 2 aromatic heterocycles. The molecule has 3 rings (SSSR count). The van der Waals surface area contributed by atoms with Crippen LogP contribution in [0.15, 0.2) is 17.8 Å². The van der Waals surface area contributed by atoms with Crippen LogP contribution in [0.5, 0.6) is 0 Å². The molecule has 0 spiro atoms. The molecule has 0 radical (unpaired) electrons. The molecule has 0 saturated carbocycles. The Balaban J connectivity index is 2.08. The van der Waals surface area contributed by atoms with Crippen LogP contribution >= 0.6 is 11.3 Å². The second-order valence-corrected chi connectivity index (χ2v) is 5.83. The third kappa shape index (κ3) is 2.06. The largest absolute Gasteiger partial charge is 0.480 e. The maximum absolute atomic E-state index is 11.5. The molecule has 0 aromatic carbocycles. The predicted molar refractivity (Wildman–Crippen MR) is 74.6 cm³/mol. The number of nitrogens with zero attached hydrogens (tertiary/aromatic N) is 3. The van der Waals surface area contributed by atoms with Gasteiger partial charge in [-0.1, -0.05) is 6.92 Å². The second-order valence-electron chi connectivity index (χ2n) is 4.93. The molecule has 1 N–H and O–H groups in total. The van der Waals surface area contributed by atoms with Gasteiger partial charge in [0.15, 0.2) is 0 Å². The molecule has 0 bridgehead atoms. The quantitative estimate of drug-likeness (QED) is 0.913. The summed E-state index contributed by atoms with van der Waals surface area (Å²) in [5.41, 5.74) is 0. The monoisotopic (exact) mass is 277 g/mol. The van der Waals surface area contributed by atoms with Crippen molar-refractivity contribution in [2.24, 2.45) is 5.92 Å². The summed E-state index contributed by atoms with van der Waals surface area (Å²) in [6, 6.07) is 1.47. The van der Waals surface area contributed by atoms with Crippen LogP contribution in [-0.2, 0) is 4.79 Å². The van der Waals surface area contributed by atoms with Gasteiger partial charge in [-0.15, -0.1) is 11.3 Å². The summed E-state index contributed by atoms with van der Waals surface area (Å²) in [6.07, 6.45) is 3.47. The fourth-order valence-electron chi connectivity index (χ4n) is 2.81. The number of piperidine rings is 1. The first-order valence-electron chi connectivity index (χ1n) is 6.36. The maximum atomic E-state index is 11.5. The first kappa shape index (κ1) is 12.3. The van der Waals surface area contributed by atoms with E-state index in [1.54, 1.807) is 11.3 Å². The lowest BCUT2D eigenvalue weighted by Crippen LogP contribution is -2.49. The zero-order valence-electron chi connectivity index (χ0n) is 10.6. The summed E-state index contributed by atoms with van der Waals surface area (Å²) in [7, 11) is 0. The Bertz CT molecular complexity index is 613. The van der Waals surface area contributed by atoms with Gasteiger partial charge in [-0.05, 0) is 30.2 Å². The van der Waals surface area contributed by atoms with Crippen LogP contribution in [0.2, 0.25) is 0 Å². The number of hydrogen-bond acceptors (Lipinski definition) is 5. The van der Waals surface area contributed by atoms with Gasteiger partial charge < -0.3 is 10.0 Å². The van der Waals surface area contributed by atoms with Crippen molar-refractivity contribution in [3.05, 3.63) is 17.8 Å². The Kier molecular flexibility index (Phi) is 3.10. The smallest absolute Gasteiger partial charge is 0.326 e. The summed E-state index contributed by atoms with van der Waals surface area (Å²) in [6.45, 7) is 2.74. The topological polar surface area (TPSA) is 66.3 Å². The van der Waals surface area contributed by atoms with E-state index >= 15 is 0 Å². The van der Waals surface area contributed by atoms with E-state index in [0.717, 1.165) is 35.4 Å². The SMILES string of the molecule is CC1CCCN(c2ncnc3sccc23)C1C(=O)O. The van der Waals surface area contributed by atoms with Gasteiger partial charge in [-0.2, -0.15) is 0 Å². The molecule has 2 unspecified atom stereocenters. The fraction of sp³-hybridized carbons (Fsp3) is 0.462. The Hall–Kier alpha value is -1.69. The number of anilines is 1. The van der Waals surface area contributed by atoms with Crippen molar-refractivity contribution in [1.82, 2.24) is 9.97 Å². The second kappa shape index (κ2) is 4.77. The molecule has 2 atom stereocenters. The van der Waals surface area contributed by atoms with Crippen LogP contribution in [0.4, 0.5) is 5.82 Å². The first-order valence-corrected chi connectivity index (χ1v) is 7.24. The molecule has 6 heteroatoms. The summed E-state index contributed by atoms with van der Waals surface area (Å²) in [5.74, 6) is 0.120. The van der Waals surface area contributed by atoms with Gasteiger partial charge in [0, 0.05) is 6.54 Å². The molecule has 1 saturated heterocycles. The molecule has 3 heterocycles. The summed E-state index contributed by atoms with van der Waals surface area (Å²) < 4.78 is 0. The highest BCUT2D eigenvalue weighted by atomic mass is 32.1. The molecule has 5 nitrogen and oxygen atoms in total. The van der Waals surface area contributed by atoms with Gasteiger partial charge in [0.05, 0.1) is 5.39 Å². The number of hydrogen-bond donors (Lipinski definition) is 1. The normalized spacial score (nSPS) is 23.7. The number of aliphatic carboxylic acids is 1. The minimum atomic E-state index is -0.769. The highest BCUT2D eigenvalue weighted by molar-refractivity contribution is 7.16. The van der Waals surface area contributed by atoms with Crippen LogP contribution in [0.3, 0.4) is 0 Å². The lowest BCUT2D eigenvalue weighted by Gasteiger charge is -2.38. The van der Waals surface area contributed by atoms with Gasteiger partial charge in [0.2, 0.25) is 0 Å².